The van der Waals surface area contributed by atoms with E-state index in [1.807, 2.05) is 19.3 Å². The number of rotatable bonds is 3. The Balaban J connectivity index is 2.48. The number of carbonyl (C=O) groups excluding carboxylic acids is 1. The molecule has 0 spiro atoms. The number of pyridine rings is 1. The molecule has 0 aliphatic heterocycles. The van der Waals surface area contributed by atoms with Gasteiger partial charge in [-0.3, -0.25) is 9.78 Å². The average molecular weight is 291 g/mol. The van der Waals surface area contributed by atoms with Crippen LogP contribution in [0.15, 0.2) is 24.5 Å². The van der Waals surface area contributed by atoms with Crippen molar-refractivity contribution in [2.75, 3.05) is 7.05 Å². The highest BCUT2D eigenvalue weighted by atomic mass is 32.1. The number of thiocarbonyl (C=S) groups is 1. The molecule has 1 amide bonds. The van der Waals surface area contributed by atoms with E-state index in [1.54, 1.807) is 13.1 Å². The van der Waals surface area contributed by atoms with Gasteiger partial charge in [0, 0.05) is 32.4 Å². The molecule has 5 heteroatoms. The summed E-state index contributed by atoms with van der Waals surface area (Å²) >= 11 is 5.61. The first-order chi connectivity index (χ1) is 9.61. The van der Waals surface area contributed by atoms with Crippen LogP contribution < -0.4 is 10.6 Å². The number of likely N-dealkylation sites (N-methyl/N-ethyl adjacent to an activating group) is 1. The molecule has 1 aromatic rings. The van der Waals surface area contributed by atoms with Crippen molar-refractivity contribution >= 4 is 23.1 Å². The summed E-state index contributed by atoms with van der Waals surface area (Å²) in [4.78, 5) is 16.6. The molecule has 108 valence electrons. The topological polar surface area (TPSA) is 54.0 Å². The first-order valence-corrected chi connectivity index (χ1v) is 7.42. The van der Waals surface area contributed by atoms with E-state index in [1.165, 1.54) is 0 Å². The second-order valence-corrected chi connectivity index (χ2v) is 5.70. The molecule has 0 saturated heterocycles. The summed E-state index contributed by atoms with van der Waals surface area (Å²) in [5.74, 6) is -0.0101. The van der Waals surface area contributed by atoms with Crippen molar-refractivity contribution in [1.82, 2.24) is 15.6 Å². The van der Waals surface area contributed by atoms with E-state index in [0.717, 1.165) is 36.2 Å². The molecule has 0 radical (unpaired) electrons. The van der Waals surface area contributed by atoms with E-state index in [0.29, 0.717) is 0 Å². The molecule has 1 aliphatic rings. The van der Waals surface area contributed by atoms with E-state index in [2.05, 4.69) is 21.7 Å². The molecule has 20 heavy (non-hydrogen) atoms. The lowest BCUT2D eigenvalue weighted by Crippen LogP contribution is -2.58. The predicted octanol–water partition coefficient (Wildman–Crippen LogP) is 1.94. The van der Waals surface area contributed by atoms with Gasteiger partial charge in [0.05, 0.1) is 10.4 Å². The van der Waals surface area contributed by atoms with E-state index in [9.17, 15) is 4.79 Å². The third-order valence-electron chi connectivity index (χ3n) is 4.10. The fourth-order valence-corrected chi connectivity index (χ4v) is 3.57. The van der Waals surface area contributed by atoms with Crippen LogP contribution in [0.25, 0.3) is 0 Å². The number of aromatic nitrogens is 1. The summed E-state index contributed by atoms with van der Waals surface area (Å²) < 4.78 is 0. The number of hydrogen-bond acceptors (Lipinski definition) is 3. The van der Waals surface area contributed by atoms with Crippen molar-refractivity contribution in [3.8, 4) is 0 Å². The molecule has 2 atom stereocenters. The minimum Gasteiger partial charge on any atom is -0.382 e. The van der Waals surface area contributed by atoms with Crippen LogP contribution in [-0.4, -0.2) is 29.0 Å². The van der Waals surface area contributed by atoms with Gasteiger partial charge < -0.3 is 10.6 Å². The van der Waals surface area contributed by atoms with Crippen molar-refractivity contribution in [3.05, 3.63) is 30.1 Å². The van der Waals surface area contributed by atoms with Gasteiger partial charge in [0.2, 0.25) is 5.91 Å². The minimum absolute atomic E-state index is 0.0101. The Morgan fingerprint density at radius 2 is 2.30 bits per heavy atom. The fraction of sp³-hybridized carbons (Fsp3) is 0.533. The minimum atomic E-state index is -0.345. The first kappa shape index (κ1) is 14.9. The summed E-state index contributed by atoms with van der Waals surface area (Å²) in [5.41, 5.74) is 0.736. The standard InChI is InChI=1S/C15H21N3OS/c1-11(19)18-13-7-3-4-8-15(13,14(20)16-2)12-6-5-9-17-10-12/h5-6,9-10,13H,3-4,7-8H2,1-2H3,(H,16,20)(H,18,19). The number of carbonyl (C=O) groups is 1. The van der Waals surface area contributed by atoms with Crippen molar-refractivity contribution < 1.29 is 4.79 Å². The smallest absolute Gasteiger partial charge is 0.217 e. The summed E-state index contributed by atoms with van der Waals surface area (Å²) in [6.45, 7) is 1.56. The van der Waals surface area contributed by atoms with Crippen LogP contribution in [0, 0.1) is 0 Å². The zero-order chi connectivity index (χ0) is 14.6. The van der Waals surface area contributed by atoms with E-state index in [4.69, 9.17) is 12.2 Å². The van der Waals surface area contributed by atoms with Crippen LogP contribution in [0.2, 0.25) is 0 Å². The lowest BCUT2D eigenvalue weighted by molar-refractivity contribution is -0.120. The molecule has 1 saturated carbocycles. The predicted molar refractivity (Wildman–Crippen MR) is 83.6 cm³/mol. The van der Waals surface area contributed by atoms with Gasteiger partial charge in [-0.25, -0.2) is 0 Å². The van der Waals surface area contributed by atoms with Crippen LogP contribution >= 0.6 is 12.2 Å². The molecular formula is C15H21N3OS. The normalized spacial score (nSPS) is 25.8. The van der Waals surface area contributed by atoms with Gasteiger partial charge in [0.1, 0.15) is 0 Å². The molecule has 1 heterocycles. The van der Waals surface area contributed by atoms with Gasteiger partial charge in [-0.1, -0.05) is 31.1 Å². The lowest BCUT2D eigenvalue weighted by atomic mass is 9.66. The molecular weight excluding hydrogens is 270 g/mol. The number of nitrogens with zero attached hydrogens (tertiary/aromatic N) is 1. The molecule has 1 aromatic heterocycles. The number of amides is 1. The molecule has 0 aromatic carbocycles. The van der Waals surface area contributed by atoms with Crippen LogP contribution in [-0.2, 0) is 10.2 Å². The third kappa shape index (κ3) is 2.68. The highest BCUT2D eigenvalue weighted by molar-refractivity contribution is 7.80. The van der Waals surface area contributed by atoms with Gasteiger partial charge in [-0.05, 0) is 24.5 Å². The Hall–Kier alpha value is -1.49. The Morgan fingerprint density at radius 1 is 1.50 bits per heavy atom. The van der Waals surface area contributed by atoms with E-state index in [-0.39, 0.29) is 17.4 Å². The molecule has 0 bridgehead atoms. The largest absolute Gasteiger partial charge is 0.382 e. The summed E-state index contributed by atoms with van der Waals surface area (Å²) in [7, 11) is 1.85. The molecule has 2 unspecified atom stereocenters. The lowest BCUT2D eigenvalue weighted by Gasteiger charge is -2.44. The molecule has 4 nitrogen and oxygen atoms in total. The summed E-state index contributed by atoms with van der Waals surface area (Å²) in [5, 5.41) is 6.22. The number of nitrogens with one attached hydrogen (secondary N) is 2. The highest BCUT2D eigenvalue weighted by Crippen LogP contribution is 2.40. The van der Waals surface area contributed by atoms with Crippen LogP contribution in [0.5, 0.6) is 0 Å². The van der Waals surface area contributed by atoms with E-state index < -0.39 is 0 Å². The zero-order valence-corrected chi connectivity index (χ0v) is 12.8. The SMILES string of the molecule is CNC(=S)C1(c2cccnc2)CCCCC1NC(C)=O. The summed E-state index contributed by atoms with van der Waals surface area (Å²) in [6, 6.07) is 4.00. The highest BCUT2D eigenvalue weighted by Gasteiger charge is 2.46. The second-order valence-electron chi connectivity index (χ2n) is 5.29. The fourth-order valence-electron chi connectivity index (χ4n) is 3.21. The maximum absolute atomic E-state index is 11.6. The quantitative estimate of drug-likeness (QED) is 0.836. The third-order valence-corrected chi connectivity index (χ3v) is 4.66. The van der Waals surface area contributed by atoms with Crippen molar-refractivity contribution in [2.24, 2.45) is 0 Å². The zero-order valence-electron chi connectivity index (χ0n) is 12.0. The monoisotopic (exact) mass is 291 g/mol. The van der Waals surface area contributed by atoms with Gasteiger partial charge >= 0.3 is 0 Å². The van der Waals surface area contributed by atoms with Crippen LogP contribution in [0.4, 0.5) is 0 Å². The Kier molecular flexibility index (Phi) is 4.70. The summed E-state index contributed by atoms with van der Waals surface area (Å²) in [6.07, 6.45) is 7.71. The molecule has 2 rings (SSSR count). The van der Waals surface area contributed by atoms with E-state index >= 15 is 0 Å². The van der Waals surface area contributed by atoms with Gasteiger partial charge in [-0.2, -0.15) is 0 Å². The van der Waals surface area contributed by atoms with Crippen molar-refractivity contribution in [2.45, 2.75) is 44.1 Å². The first-order valence-electron chi connectivity index (χ1n) is 7.01. The Morgan fingerprint density at radius 3 is 2.90 bits per heavy atom. The van der Waals surface area contributed by atoms with Gasteiger partial charge in [-0.15, -0.1) is 0 Å². The van der Waals surface area contributed by atoms with Crippen molar-refractivity contribution in [3.63, 3.8) is 0 Å². The second kappa shape index (κ2) is 6.31. The maximum atomic E-state index is 11.6. The average Bonchev–Trinajstić information content (AvgIpc) is 2.47. The van der Waals surface area contributed by atoms with Crippen LogP contribution in [0.3, 0.4) is 0 Å². The van der Waals surface area contributed by atoms with Gasteiger partial charge in [0.15, 0.2) is 0 Å². The Labute approximate surface area is 125 Å². The van der Waals surface area contributed by atoms with Crippen molar-refractivity contribution in [1.29, 1.82) is 0 Å². The molecule has 1 fully saturated rings. The maximum Gasteiger partial charge on any atom is 0.217 e. The number of hydrogen-bond donors (Lipinski definition) is 2. The molecule has 2 N–H and O–H groups in total. The Bertz CT molecular complexity index is 491. The van der Waals surface area contributed by atoms with Crippen LogP contribution in [0.1, 0.15) is 38.2 Å². The molecule has 1 aliphatic carbocycles. The van der Waals surface area contributed by atoms with Gasteiger partial charge in [0.25, 0.3) is 0 Å².